The Labute approximate surface area is 128 Å². The second-order valence-electron chi connectivity index (χ2n) is 5.16. The van der Waals surface area contributed by atoms with E-state index in [9.17, 15) is 18.3 Å². The number of hydrogen-bond acceptors (Lipinski definition) is 1. The normalized spacial score (nSPS) is 18.6. The lowest BCUT2D eigenvalue weighted by Crippen LogP contribution is -2.15. The van der Waals surface area contributed by atoms with Gasteiger partial charge in [0, 0.05) is 21.9 Å². The van der Waals surface area contributed by atoms with Crippen molar-refractivity contribution in [3.63, 3.8) is 0 Å². The molecule has 1 N–H and O–H groups in total. The highest BCUT2D eigenvalue weighted by atomic mass is 79.9. The highest BCUT2D eigenvalue weighted by Crippen LogP contribution is 2.38. The average molecular weight is 360 g/mol. The van der Waals surface area contributed by atoms with Gasteiger partial charge >= 0.3 is 6.18 Å². The van der Waals surface area contributed by atoms with E-state index in [1.807, 2.05) is 0 Å². The van der Waals surface area contributed by atoms with Crippen LogP contribution in [0.1, 0.15) is 35.8 Å². The molecule has 2 aromatic rings. The first-order valence-electron chi connectivity index (χ1n) is 6.63. The first-order chi connectivity index (χ1) is 9.88. The van der Waals surface area contributed by atoms with Crippen LogP contribution >= 0.6 is 15.9 Å². The number of aliphatic hydroxyl groups is 1. The maximum atomic E-state index is 13.2. The third-order valence-electron chi connectivity index (χ3n) is 3.80. The third-order valence-corrected chi connectivity index (χ3v) is 4.29. The largest absolute Gasteiger partial charge is 0.418 e. The topological polar surface area (TPSA) is 25.2 Å². The number of rotatable bonds is 1. The van der Waals surface area contributed by atoms with E-state index in [-0.39, 0.29) is 5.69 Å². The summed E-state index contributed by atoms with van der Waals surface area (Å²) < 4.78 is 41.7. The van der Waals surface area contributed by atoms with Gasteiger partial charge in [-0.05, 0) is 43.5 Å². The summed E-state index contributed by atoms with van der Waals surface area (Å²) in [5, 5.41) is 9.95. The molecule has 1 unspecified atom stereocenters. The smallest absolute Gasteiger partial charge is 0.388 e. The summed E-state index contributed by atoms with van der Waals surface area (Å²) in [6.45, 7) is 0. The van der Waals surface area contributed by atoms with Crippen LogP contribution in [0.4, 0.5) is 13.2 Å². The first kappa shape index (κ1) is 14.7. The fraction of sp³-hybridized carbons (Fsp3) is 0.333. The summed E-state index contributed by atoms with van der Waals surface area (Å²) in [5.41, 5.74) is 0.912. The highest BCUT2D eigenvalue weighted by molar-refractivity contribution is 9.10. The molecule has 6 heteroatoms. The fourth-order valence-corrected chi connectivity index (χ4v) is 3.20. The lowest BCUT2D eigenvalue weighted by molar-refractivity contribution is -0.137. The Kier molecular flexibility index (Phi) is 3.61. The monoisotopic (exact) mass is 359 g/mol. The second-order valence-corrected chi connectivity index (χ2v) is 6.07. The van der Waals surface area contributed by atoms with E-state index in [1.54, 1.807) is 22.9 Å². The van der Waals surface area contributed by atoms with Crippen LogP contribution in [0, 0.1) is 0 Å². The Hall–Kier alpha value is -1.27. The Bertz CT molecular complexity index is 678. The standard InChI is InChI=1S/C15H13BrF3NO/c16-9-4-5-13(11(8-9)15(17,18)19)20-7-6-10-12(20)2-1-3-14(10)21/h4-8,14,21H,1-3H2. The minimum Gasteiger partial charge on any atom is -0.388 e. The summed E-state index contributed by atoms with van der Waals surface area (Å²) in [6, 6.07) is 5.84. The molecule has 21 heavy (non-hydrogen) atoms. The van der Waals surface area contributed by atoms with Crippen molar-refractivity contribution < 1.29 is 18.3 Å². The van der Waals surface area contributed by atoms with E-state index in [4.69, 9.17) is 0 Å². The second kappa shape index (κ2) is 5.18. The molecule has 0 saturated heterocycles. The summed E-state index contributed by atoms with van der Waals surface area (Å²) >= 11 is 3.09. The van der Waals surface area contributed by atoms with Crippen LogP contribution in [0.3, 0.4) is 0 Å². The first-order valence-corrected chi connectivity index (χ1v) is 7.42. The summed E-state index contributed by atoms with van der Waals surface area (Å²) in [4.78, 5) is 0. The number of halogens is 4. The van der Waals surface area contributed by atoms with E-state index in [1.165, 1.54) is 6.07 Å². The Balaban J connectivity index is 2.18. The number of benzene rings is 1. The van der Waals surface area contributed by atoms with Crippen LogP contribution < -0.4 is 0 Å². The van der Waals surface area contributed by atoms with Crippen molar-refractivity contribution in [3.05, 3.63) is 51.8 Å². The Morgan fingerprint density at radius 2 is 2.00 bits per heavy atom. The molecule has 1 aliphatic carbocycles. The molecular formula is C15H13BrF3NO. The van der Waals surface area contributed by atoms with Gasteiger partial charge in [-0.15, -0.1) is 0 Å². The van der Waals surface area contributed by atoms with Crippen LogP contribution in [-0.4, -0.2) is 9.67 Å². The highest BCUT2D eigenvalue weighted by Gasteiger charge is 2.35. The molecule has 112 valence electrons. The number of nitrogens with zero attached hydrogens (tertiary/aromatic N) is 1. The molecule has 3 rings (SSSR count). The molecular weight excluding hydrogens is 347 g/mol. The minimum absolute atomic E-state index is 0.0982. The average Bonchev–Trinajstić information content (AvgIpc) is 2.83. The van der Waals surface area contributed by atoms with Gasteiger partial charge in [0.1, 0.15) is 0 Å². The van der Waals surface area contributed by atoms with Crippen molar-refractivity contribution in [1.82, 2.24) is 4.57 Å². The van der Waals surface area contributed by atoms with E-state index in [0.717, 1.165) is 23.7 Å². The van der Waals surface area contributed by atoms with Crippen molar-refractivity contribution in [2.45, 2.75) is 31.5 Å². The van der Waals surface area contributed by atoms with E-state index < -0.39 is 17.8 Å². The van der Waals surface area contributed by atoms with Gasteiger partial charge < -0.3 is 9.67 Å². The molecule has 1 heterocycles. The fourth-order valence-electron chi connectivity index (χ4n) is 2.84. The Morgan fingerprint density at radius 3 is 2.71 bits per heavy atom. The molecule has 2 nitrogen and oxygen atoms in total. The number of aliphatic hydroxyl groups excluding tert-OH is 1. The number of alkyl halides is 3. The van der Waals surface area contributed by atoms with Crippen molar-refractivity contribution >= 4 is 15.9 Å². The number of fused-ring (bicyclic) bond motifs is 1. The zero-order chi connectivity index (χ0) is 15.2. The van der Waals surface area contributed by atoms with Gasteiger partial charge in [-0.25, -0.2) is 0 Å². The molecule has 0 saturated carbocycles. The molecule has 1 aliphatic rings. The van der Waals surface area contributed by atoms with Gasteiger partial charge in [0.15, 0.2) is 0 Å². The van der Waals surface area contributed by atoms with E-state index in [0.29, 0.717) is 17.3 Å². The molecule has 0 fully saturated rings. The van der Waals surface area contributed by atoms with E-state index in [2.05, 4.69) is 15.9 Å². The SMILES string of the molecule is OC1CCCc2c1ccn2-c1ccc(Br)cc1C(F)(F)F. The zero-order valence-electron chi connectivity index (χ0n) is 11.0. The third kappa shape index (κ3) is 2.62. The molecule has 1 atom stereocenters. The molecule has 0 amide bonds. The zero-order valence-corrected chi connectivity index (χ0v) is 12.6. The van der Waals surface area contributed by atoms with Gasteiger partial charge in [-0.3, -0.25) is 0 Å². The van der Waals surface area contributed by atoms with Gasteiger partial charge in [0.25, 0.3) is 0 Å². The van der Waals surface area contributed by atoms with Crippen molar-refractivity contribution in [3.8, 4) is 5.69 Å². The van der Waals surface area contributed by atoms with Crippen LogP contribution in [0.15, 0.2) is 34.9 Å². The van der Waals surface area contributed by atoms with Crippen LogP contribution in [0.25, 0.3) is 5.69 Å². The lowest BCUT2D eigenvalue weighted by Gasteiger charge is -2.22. The number of aromatic nitrogens is 1. The number of hydrogen-bond donors (Lipinski definition) is 1. The summed E-state index contributed by atoms with van der Waals surface area (Å²) in [5.74, 6) is 0. The predicted octanol–water partition coefficient (Wildman–Crippen LogP) is 4.63. The van der Waals surface area contributed by atoms with Crippen molar-refractivity contribution in [1.29, 1.82) is 0 Å². The lowest BCUT2D eigenvalue weighted by atomic mass is 9.95. The Morgan fingerprint density at radius 1 is 1.24 bits per heavy atom. The van der Waals surface area contributed by atoms with Gasteiger partial charge in [-0.1, -0.05) is 15.9 Å². The van der Waals surface area contributed by atoms with Crippen molar-refractivity contribution in [2.24, 2.45) is 0 Å². The molecule has 0 radical (unpaired) electrons. The van der Waals surface area contributed by atoms with Crippen LogP contribution in [-0.2, 0) is 12.6 Å². The summed E-state index contributed by atoms with van der Waals surface area (Å²) in [7, 11) is 0. The van der Waals surface area contributed by atoms with Crippen LogP contribution in [0.2, 0.25) is 0 Å². The van der Waals surface area contributed by atoms with Crippen LogP contribution in [0.5, 0.6) is 0 Å². The summed E-state index contributed by atoms with van der Waals surface area (Å²) in [6.07, 6.45) is -1.30. The molecule has 0 bridgehead atoms. The van der Waals surface area contributed by atoms with E-state index >= 15 is 0 Å². The van der Waals surface area contributed by atoms with Gasteiger partial charge in [-0.2, -0.15) is 13.2 Å². The molecule has 0 spiro atoms. The van der Waals surface area contributed by atoms with Crippen molar-refractivity contribution in [2.75, 3.05) is 0 Å². The maximum absolute atomic E-state index is 13.2. The van der Waals surface area contributed by atoms with Gasteiger partial charge in [0.2, 0.25) is 0 Å². The van der Waals surface area contributed by atoms with Gasteiger partial charge in [0.05, 0.1) is 17.4 Å². The molecule has 1 aromatic heterocycles. The molecule has 0 aliphatic heterocycles. The maximum Gasteiger partial charge on any atom is 0.418 e. The minimum atomic E-state index is -4.43. The quantitative estimate of drug-likeness (QED) is 0.788. The molecule has 1 aromatic carbocycles. The predicted molar refractivity (Wildman–Crippen MR) is 76.4 cm³/mol.